The molecule has 2 aliphatic carbocycles. The molecule has 0 spiro atoms. The van der Waals surface area contributed by atoms with Crippen molar-refractivity contribution in [1.82, 2.24) is 33.8 Å². The average molecular weight is 735 g/mol. The van der Waals surface area contributed by atoms with Gasteiger partial charge in [0, 0.05) is 65.2 Å². The molecule has 276 valence electrons. The molecule has 7 rings (SSSR count). The molecule has 4 aromatic rings. The summed E-state index contributed by atoms with van der Waals surface area (Å²) in [6.45, 7) is 13.2. The van der Waals surface area contributed by atoms with Gasteiger partial charge in [-0.25, -0.2) is 4.98 Å². The molecule has 2 saturated carbocycles. The second-order valence-corrected chi connectivity index (χ2v) is 22.7. The lowest BCUT2D eigenvalue weighted by atomic mass is 9.62. The largest absolute Gasteiger partial charge is 0.381 e. The molecule has 11 nitrogen and oxygen atoms in total. The molecule has 5 heterocycles. The van der Waals surface area contributed by atoms with E-state index in [1.807, 2.05) is 17.7 Å². The van der Waals surface area contributed by atoms with Gasteiger partial charge in [0.2, 0.25) is 0 Å². The fraction of sp³-hybridized carbons (Fsp3) is 0.632. The van der Waals surface area contributed by atoms with Gasteiger partial charge in [-0.1, -0.05) is 51.0 Å². The first-order valence-electron chi connectivity index (χ1n) is 18.8. The van der Waals surface area contributed by atoms with Crippen molar-refractivity contribution in [3.05, 3.63) is 63.2 Å². The fourth-order valence-electron chi connectivity index (χ4n) is 8.43. The number of halogens is 1. The molecule has 1 aliphatic heterocycles. The molecular formula is C38H55ClN8O3Si. The Morgan fingerprint density at radius 1 is 1.10 bits per heavy atom. The van der Waals surface area contributed by atoms with Crippen molar-refractivity contribution < 1.29 is 9.47 Å². The second-order valence-electron chi connectivity index (χ2n) is 16.6. The molecule has 0 amide bonds. The summed E-state index contributed by atoms with van der Waals surface area (Å²) in [5.74, 6) is 2.81. The van der Waals surface area contributed by atoms with Gasteiger partial charge in [0.05, 0.1) is 16.5 Å². The van der Waals surface area contributed by atoms with Crippen molar-refractivity contribution in [3.63, 3.8) is 0 Å². The number of aromatic nitrogens is 6. The van der Waals surface area contributed by atoms with Crippen molar-refractivity contribution in [2.75, 3.05) is 32.1 Å². The lowest BCUT2D eigenvalue weighted by Crippen LogP contribution is -2.48. The third-order valence-electron chi connectivity index (χ3n) is 11.4. The Bertz CT molecular complexity index is 1900. The number of likely N-dealkylation sites (tertiary alicyclic amines) is 1. The smallest absolute Gasteiger partial charge is 0.280 e. The van der Waals surface area contributed by atoms with E-state index in [-0.39, 0.29) is 11.7 Å². The molecule has 3 fully saturated rings. The van der Waals surface area contributed by atoms with Crippen LogP contribution < -0.4 is 10.9 Å². The minimum Gasteiger partial charge on any atom is -0.381 e. The molecule has 13 heteroatoms. The van der Waals surface area contributed by atoms with Crippen molar-refractivity contribution in [2.45, 2.75) is 115 Å². The maximum absolute atomic E-state index is 14.8. The van der Waals surface area contributed by atoms with Crippen LogP contribution in [0.2, 0.25) is 30.7 Å². The van der Waals surface area contributed by atoms with Gasteiger partial charge in [0.1, 0.15) is 36.0 Å². The minimum atomic E-state index is -1.29. The first-order valence-corrected chi connectivity index (χ1v) is 22.9. The van der Waals surface area contributed by atoms with Crippen molar-refractivity contribution in [3.8, 4) is 5.82 Å². The number of anilines is 1. The number of hydrogen-bond acceptors (Lipinski definition) is 8. The molecule has 51 heavy (non-hydrogen) atoms. The van der Waals surface area contributed by atoms with Crippen LogP contribution in [-0.4, -0.2) is 80.8 Å². The molecule has 1 atom stereocenters. The van der Waals surface area contributed by atoms with E-state index in [0.717, 1.165) is 79.6 Å². The van der Waals surface area contributed by atoms with Crippen LogP contribution in [0.4, 0.5) is 5.82 Å². The highest BCUT2D eigenvalue weighted by Gasteiger charge is 2.50. The van der Waals surface area contributed by atoms with Crippen LogP contribution in [0.3, 0.4) is 0 Å². The minimum absolute atomic E-state index is 0.101. The Morgan fingerprint density at radius 3 is 2.57 bits per heavy atom. The highest BCUT2D eigenvalue weighted by molar-refractivity contribution is 6.76. The number of methoxy groups -OCH3 is 1. The van der Waals surface area contributed by atoms with Crippen LogP contribution in [-0.2, 0) is 35.2 Å². The fourth-order valence-corrected chi connectivity index (χ4v) is 9.43. The van der Waals surface area contributed by atoms with Crippen LogP contribution in [0.1, 0.15) is 75.4 Å². The van der Waals surface area contributed by atoms with Crippen LogP contribution in [0.25, 0.3) is 16.7 Å². The predicted molar refractivity (Wildman–Crippen MR) is 206 cm³/mol. The lowest BCUT2D eigenvalue weighted by Gasteiger charge is -2.46. The quantitative estimate of drug-likeness (QED) is 0.116. The first-order chi connectivity index (χ1) is 24.4. The first kappa shape index (κ1) is 36.3. The van der Waals surface area contributed by atoms with E-state index in [2.05, 4.69) is 63.7 Å². The summed E-state index contributed by atoms with van der Waals surface area (Å²) in [6, 6.07) is 7.68. The summed E-state index contributed by atoms with van der Waals surface area (Å²) in [7, 11) is 2.45. The summed E-state index contributed by atoms with van der Waals surface area (Å²) in [4.78, 5) is 22.5. The third kappa shape index (κ3) is 7.58. The lowest BCUT2D eigenvalue weighted by molar-refractivity contribution is -0.00698. The summed E-state index contributed by atoms with van der Waals surface area (Å²) < 4.78 is 17.8. The van der Waals surface area contributed by atoms with E-state index < -0.39 is 13.5 Å². The van der Waals surface area contributed by atoms with E-state index in [0.29, 0.717) is 41.7 Å². The maximum Gasteiger partial charge on any atom is 0.280 e. The zero-order valence-electron chi connectivity index (χ0n) is 31.3. The normalized spacial score (nSPS) is 23.3. The number of nitrogens with zero attached hydrogens (tertiary/aromatic N) is 7. The van der Waals surface area contributed by atoms with Crippen molar-refractivity contribution in [1.29, 1.82) is 0 Å². The van der Waals surface area contributed by atoms with Crippen LogP contribution in [0.5, 0.6) is 0 Å². The van der Waals surface area contributed by atoms with Crippen molar-refractivity contribution in [2.24, 2.45) is 13.0 Å². The molecule has 3 aliphatic rings. The van der Waals surface area contributed by atoms with E-state index in [9.17, 15) is 4.79 Å². The average Bonchev–Trinajstić information content (AvgIpc) is 3.82. The molecular weight excluding hydrogens is 680 g/mol. The second kappa shape index (κ2) is 14.8. The number of fused-ring (bicyclic) bond motifs is 1. The van der Waals surface area contributed by atoms with Gasteiger partial charge in [0.25, 0.3) is 5.56 Å². The van der Waals surface area contributed by atoms with Crippen molar-refractivity contribution >= 4 is 36.4 Å². The van der Waals surface area contributed by atoms with Gasteiger partial charge in [-0.15, -0.1) is 10.2 Å². The van der Waals surface area contributed by atoms with Gasteiger partial charge < -0.3 is 23.9 Å². The number of pyridine rings is 2. The maximum atomic E-state index is 14.8. The summed E-state index contributed by atoms with van der Waals surface area (Å²) >= 11 is 7.14. The third-order valence-corrected chi connectivity index (χ3v) is 13.4. The summed E-state index contributed by atoms with van der Waals surface area (Å²) in [6.07, 6.45) is 12.1. The highest BCUT2D eigenvalue weighted by Crippen LogP contribution is 2.50. The number of nitrogens with one attached hydrogen (secondary N) is 1. The number of rotatable bonds is 13. The Labute approximate surface area is 307 Å². The number of piperidine rings is 1. The van der Waals surface area contributed by atoms with Gasteiger partial charge in [-0.05, 0) is 80.8 Å². The van der Waals surface area contributed by atoms with Gasteiger partial charge >= 0.3 is 0 Å². The predicted octanol–water partition coefficient (Wildman–Crippen LogP) is 6.96. The molecule has 0 radical (unpaired) electrons. The molecule has 0 bridgehead atoms. The standard InChI is InChI=1S/C38H55ClN8O3Si/c1-26-10-9-13-45(21-26)22-29-18-31-32(39)23-46(36(48)35(31)47(29)25-50-14-15-51(4,5)6)34-17-27(16-33(42-34)41-28-11-7-8-12-28)38(19-30(20-38)49-3)37-43-40-24-44(37)2/h16-18,23-24,26,28,30H,7-15,19-22,25H2,1-6H3,(H,41,42)/t26-,30?,38?/m0/s1. The number of ether oxygens (including phenoxy) is 2. The Morgan fingerprint density at radius 2 is 1.88 bits per heavy atom. The molecule has 0 aromatic carbocycles. The van der Waals surface area contributed by atoms with Crippen LogP contribution in [0, 0.1) is 5.92 Å². The van der Waals surface area contributed by atoms with Gasteiger partial charge in [-0.3, -0.25) is 14.3 Å². The molecule has 4 aromatic heterocycles. The van der Waals surface area contributed by atoms with E-state index in [1.165, 1.54) is 25.7 Å². The number of hydrogen-bond donors (Lipinski definition) is 1. The molecule has 1 saturated heterocycles. The number of aryl methyl sites for hydroxylation is 1. The SMILES string of the molecule is COC1CC(c2cc(NC3CCCC3)nc(-n3cc(Cl)c4cc(CN5CCC[C@H](C)C5)n(COCC[Si](C)(C)C)c4c3=O)c2)(c2nncn2C)C1. The Hall–Kier alpha value is -3.03. The van der Waals surface area contributed by atoms with Crippen LogP contribution in [0.15, 0.2) is 35.5 Å². The zero-order valence-corrected chi connectivity index (χ0v) is 33.0. The van der Waals surface area contributed by atoms with Gasteiger partial charge in [0.15, 0.2) is 0 Å². The molecule has 0 unspecified atom stereocenters. The van der Waals surface area contributed by atoms with E-state index in [4.69, 9.17) is 26.1 Å². The topological polar surface area (TPSA) is 104 Å². The summed E-state index contributed by atoms with van der Waals surface area (Å²) in [5, 5.41) is 13.8. The Balaban J connectivity index is 1.34. The van der Waals surface area contributed by atoms with E-state index >= 15 is 0 Å². The van der Waals surface area contributed by atoms with Gasteiger partial charge in [-0.2, -0.15) is 0 Å². The monoisotopic (exact) mass is 734 g/mol. The summed E-state index contributed by atoms with van der Waals surface area (Å²) in [5.41, 5.74) is 2.05. The Kier molecular flexibility index (Phi) is 10.5. The highest BCUT2D eigenvalue weighted by atomic mass is 35.5. The molecule has 1 N–H and O–H groups in total. The van der Waals surface area contributed by atoms with E-state index in [1.54, 1.807) is 24.2 Å². The zero-order chi connectivity index (χ0) is 35.9. The van der Waals surface area contributed by atoms with Crippen LogP contribution >= 0.6 is 11.6 Å².